The van der Waals surface area contributed by atoms with Crippen molar-refractivity contribution in [3.05, 3.63) is 0 Å². The first-order valence-electron chi connectivity index (χ1n) is 6.79. The van der Waals surface area contributed by atoms with Crippen molar-refractivity contribution in [2.75, 3.05) is 19.6 Å². The molecule has 1 heterocycles. The molecule has 0 radical (unpaired) electrons. The molecule has 0 spiro atoms. The molecule has 1 aliphatic heterocycles. The zero-order chi connectivity index (χ0) is 11.1. The molecule has 1 saturated heterocycles. The van der Waals surface area contributed by atoms with Crippen LogP contribution < -0.4 is 5.32 Å². The number of nitrogens with one attached hydrogen (secondary N) is 1. The Labute approximate surface area is 95.4 Å². The van der Waals surface area contributed by atoms with Crippen molar-refractivity contribution in [1.82, 2.24) is 10.2 Å². The molecule has 1 N–H and O–H groups in total. The molecule has 90 valence electrons. The van der Waals surface area contributed by atoms with E-state index in [2.05, 4.69) is 31.0 Å². The Balaban J connectivity index is 2.48. The highest BCUT2D eigenvalue weighted by Crippen LogP contribution is 2.22. The van der Waals surface area contributed by atoms with E-state index < -0.39 is 0 Å². The van der Waals surface area contributed by atoms with Gasteiger partial charge in [0.25, 0.3) is 0 Å². The highest BCUT2D eigenvalue weighted by Gasteiger charge is 2.26. The van der Waals surface area contributed by atoms with Crippen LogP contribution in [0, 0.1) is 0 Å². The number of hydrogen-bond donors (Lipinski definition) is 1. The summed E-state index contributed by atoms with van der Waals surface area (Å²) >= 11 is 0. The van der Waals surface area contributed by atoms with E-state index in [1.54, 1.807) is 0 Å². The van der Waals surface area contributed by atoms with Crippen LogP contribution in [0.15, 0.2) is 0 Å². The molecule has 0 bridgehead atoms. The van der Waals surface area contributed by atoms with E-state index in [-0.39, 0.29) is 0 Å². The SMILES string of the molecule is CCNCC1CCCCN1C(CC)CC. The lowest BCUT2D eigenvalue weighted by Crippen LogP contribution is -2.50. The lowest BCUT2D eigenvalue weighted by Gasteiger charge is -2.41. The molecular formula is C13H28N2. The van der Waals surface area contributed by atoms with E-state index >= 15 is 0 Å². The van der Waals surface area contributed by atoms with Crippen molar-refractivity contribution < 1.29 is 0 Å². The van der Waals surface area contributed by atoms with Crippen molar-refractivity contribution in [2.24, 2.45) is 0 Å². The van der Waals surface area contributed by atoms with E-state index in [9.17, 15) is 0 Å². The van der Waals surface area contributed by atoms with Crippen molar-refractivity contribution in [3.8, 4) is 0 Å². The molecule has 0 saturated carbocycles. The highest BCUT2D eigenvalue weighted by molar-refractivity contribution is 4.83. The third-order valence-corrected chi connectivity index (χ3v) is 3.71. The van der Waals surface area contributed by atoms with Crippen LogP contribution in [0.4, 0.5) is 0 Å². The zero-order valence-electron chi connectivity index (χ0n) is 10.8. The summed E-state index contributed by atoms with van der Waals surface area (Å²) in [6, 6.07) is 1.61. The van der Waals surface area contributed by atoms with Gasteiger partial charge in [-0.25, -0.2) is 0 Å². The lowest BCUT2D eigenvalue weighted by atomic mass is 9.97. The summed E-state index contributed by atoms with van der Waals surface area (Å²) < 4.78 is 0. The van der Waals surface area contributed by atoms with Gasteiger partial charge in [0.2, 0.25) is 0 Å². The van der Waals surface area contributed by atoms with Gasteiger partial charge in [-0.1, -0.05) is 27.2 Å². The number of rotatable bonds is 6. The van der Waals surface area contributed by atoms with Gasteiger partial charge in [0.05, 0.1) is 0 Å². The van der Waals surface area contributed by atoms with Crippen molar-refractivity contribution >= 4 is 0 Å². The van der Waals surface area contributed by atoms with Gasteiger partial charge in [0.1, 0.15) is 0 Å². The Bertz CT molecular complexity index is 155. The van der Waals surface area contributed by atoms with Crippen LogP contribution in [0.1, 0.15) is 52.9 Å². The van der Waals surface area contributed by atoms with E-state index in [0.717, 1.165) is 18.6 Å². The van der Waals surface area contributed by atoms with E-state index in [1.165, 1.54) is 45.2 Å². The molecule has 15 heavy (non-hydrogen) atoms. The van der Waals surface area contributed by atoms with Crippen LogP contribution >= 0.6 is 0 Å². The van der Waals surface area contributed by atoms with Crippen molar-refractivity contribution in [3.63, 3.8) is 0 Å². The number of likely N-dealkylation sites (tertiary alicyclic amines) is 1. The van der Waals surface area contributed by atoms with Crippen LogP contribution in [0.5, 0.6) is 0 Å². The van der Waals surface area contributed by atoms with Gasteiger partial charge in [-0.15, -0.1) is 0 Å². The monoisotopic (exact) mass is 212 g/mol. The van der Waals surface area contributed by atoms with Crippen molar-refractivity contribution in [2.45, 2.75) is 65.0 Å². The molecule has 1 unspecified atom stereocenters. The number of nitrogens with zero attached hydrogens (tertiary/aromatic N) is 1. The van der Waals surface area contributed by atoms with Crippen LogP contribution in [-0.4, -0.2) is 36.6 Å². The van der Waals surface area contributed by atoms with E-state index in [0.29, 0.717) is 0 Å². The second-order valence-corrected chi connectivity index (χ2v) is 4.67. The fourth-order valence-electron chi connectivity index (χ4n) is 2.79. The standard InChI is InChI=1S/C13H28N2/c1-4-12(5-2)15-10-8-7-9-13(15)11-14-6-3/h12-14H,4-11H2,1-3H3. The Morgan fingerprint density at radius 3 is 2.53 bits per heavy atom. The summed E-state index contributed by atoms with van der Waals surface area (Å²) in [6.07, 6.45) is 6.83. The lowest BCUT2D eigenvalue weighted by molar-refractivity contribution is 0.0887. The minimum Gasteiger partial charge on any atom is -0.315 e. The topological polar surface area (TPSA) is 15.3 Å². The van der Waals surface area contributed by atoms with Crippen LogP contribution in [0.25, 0.3) is 0 Å². The molecule has 2 heteroatoms. The number of piperidine rings is 1. The fraction of sp³-hybridized carbons (Fsp3) is 1.00. The first-order chi connectivity index (χ1) is 7.33. The average Bonchev–Trinajstić information content (AvgIpc) is 2.29. The normalized spacial score (nSPS) is 23.6. The smallest absolute Gasteiger partial charge is 0.0223 e. The molecule has 1 fully saturated rings. The first kappa shape index (κ1) is 13.0. The van der Waals surface area contributed by atoms with Crippen molar-refractivity contribution in [1.29, 1.82) is 0 Å². The predicted molar refractivity (Wildman–Crippen MR) is 67.3 cm³/mol. The largest absolute Gasteiger partial charge is 0.315 e. The van der Waals surface area contributed by atoms with E-state index in [1.807, 2.05) is 0 Å². The molecule has 2 nitrogen and oxygen atoms in total. The van der Waals surface area contributed by atoms with Crippen LogP contribution in [0.2, 0.25) is 0 Å². The second kappa shape index (κ2) is 7.24. The van der Waals surface area contributed by atoms with Crippen LogP contribution in [0.3, 0.4) is 0 Å². The molecule has 1 atom stereocenters. The third kappa shape index (κ3) is 3.76. The summed E-state index contributed by atoms with van der Waals surface area (Å²) in [5.41, 5.74) is 0. The minimum absolute atomic E-state index is 0.795. The Morgan fingerprint density at radius 2 is 1.93 bits per heavy atom. The molecule has 0 aliphatic carbocycles. The summed E-state index contributed by atoms with van der Waals surface area (Å²) in [6.45, 7) is 10.5. The summed E-state index contributed by atoms with van der Waals surface area (Å²) in [4.78, 5) is 2.76. The molecule has 1 rings (SSSR count). The maximum absolute atomic E-state index is 3.51. The Hall–Kier alpha value is -0.0800. The molecular weight excluding hydrogens is 184 g/mol. The quantitative estimate of drug-likeness (QED) is 0.728. The molecule has 0 aromatic carbocycles. The maximum Gasteiger partial charge on any atom is 0.0223 e. The van der Waals surface area contributed by atoms with Gasteiger partial charge in [0, 0.05) is 18.6 Å². The summed E-state index contributed by atoms with van der Waals surface area (Å²) in [5.74, 6) is 0. The van der Waals surface area contributed by atoms with Gasteiger partial charge in [0.15, 0.2) is 0 Å². The van der Waals surface area contributed by atoms with Gasteiger partial charge in [-0.2, -0.15) is 0 Å². The molecule has 0 aromatic heterocycles. The van der Waals surface area contributed by atoms with Gasteiger partial charge >= 0.3 is 0 Å². The average molecular weight is 212 g/mol. The Morgan fingerprint density at radius 1 is 1.20 bits per heavy atom. The zero-order valence-corrected chi connectivity index (χ0v) is 10.8. The predicted octanol–water partition coefficient (Wildman–Crippen LogP) is 2.64. The summed E-state index contributed by atoms with van der Waals surface area (Å²) in [5, 5.41) is 3.51. The van der Waals surface area contributed by atoms with E-state index in [4.69, 9.17) is 0 Å². The molecule has 0 aromatic rings. The molecule has 1 aliphatic rings. The second-order valence-electron chi connectivity index (χ2n) is 4.67. The maximum atomic E-state index is 3.51. The van der Waals surface area contributed by atoms with Gasteiger partial charge in [-0.3, -0.25) is 4.90 Å². The highest BCUT2D eigenvalue weighted by atomic mass is 15.2. The number of likely N-dealkylation sites (N-methyl/N-ethyl adjacent to an activating group) is 1. The summed E-state index contributed by atoms with van der Waals surface area (Å²) in [7, 11) is 0. The number of hydrogen-bond acceptors (Lipinski definition) is 2. The van der Waals surface area contributed by atoms with Gasteiger partial charge in [-0.05, 0) is 38.8 Å². The van der Waals surface area contributed by atoms with Crippen LogP contribution in [-0.2, 0) is 0 Å². The van der Waals surface area contributed by atoms with Gasteiger partial charge < -0.3 is 5.32 Å². The Kier molecular flexibility index (Phi) is 6.26. The fourth-order valence-corrected chi connectivity index (χ4v) is 2.79. The third-order valence-electron chi connectivity index (χ3n) is 3.71. The first-order valence-corrected chi connectivity index (χ1v) is 6.79. The molecule has 0 amide bonds. The minimum atomic E-state index is 0.795.